The summed E-state index contributed by atoms with van der Waals surface area (Å²) in [5.74, 6) is 0.0994. The van der Waals surface area contributed by atoms with Gasteiger partial charge in [0.25, 0.3) is 15.9 Å². The number of carbonyl (C=O) groups is 1. The van der Waals surface area contributed by atoms with Crippen LogP contribution in [0.15, 0.2) is 53.4 Å². The van der Waals surface area contributed by atoms with Gasteiger partial charge in [-0.1, -0.05) is 64.8 Å². The summed E-state index contributed by atoms with van der Waals surface area (Å²) in [6.45, 7) is 8.79. The number of hydrogen-bond acceptors (Lipinski definition) is 4. The smallest absolute Gasteiger partial charge is 0.264 e. The number of nitrogens with one attached hydrogen (secondary N) is 1. The van der Waals surface area contributed by atoms with Gasteiger partial charge in [0.2, 0.25) is 0 Å². The van der Waals surface area contributed by atoms with E-state index in [9.17, 15) is 13.2 Å². The standard InChI is InChI=1S/C24H32N2O4S/c1-5-6-10-15-25-23(27)22-17-26(31(28,29)19-11-8-7-9-12-19)20-16-18(24(2,3)4)13-14-21(20)30-22/h7-9,11-14,16,22H,5-6,10,15,17H2,1-4H3,(H,25,27). The fraction of sp³-hybridized carbons (Fsp3) is 0.458. The average molecular weight is 445 g/mol. The zero-order valence-electron chi connectivity index (χ0n) is 18.7. The third-order valence-electron chi connectivity index (χ3n) is 5.40. The lowest BCUT2D eigenvalue weighted by Crippen LogP contribution is -2.50. The highest BCUT2D eigenvalue weighted by molar-refractivity contribution is 7.92. The number of fused-ring (bicyclic) bond motifs is 1. The quantitative estimate of drug-likeness (QED) is 0.648. The van der Waals surface area contributed by atoms with Crippen molar-refractivity contribution in [2.24, 2.45) is 0 Å². The average Bonchev–Trinajstić information content (AvgIpc) is 2.75. The number of amides is 1. The maximum absolute atomic E-state index is 13.5. The third kappa shape index (κ3) is 5.21. The van der Waals surface area contributed by atoms with E-state index in [4.69, 9.17) is 4.74 Å². The number of ether oxygens (including phenoxy) is 1. The highest BCUT2D eigenvalue weighted by Crippen LogP contribution is 2.40. The van der Waals surface area contributed by atoms with Crippen LogP contribution in [0.25, 0.3) is 0 Å². The predicted octanol–water partition coefficient (Wildman–Crippen LogP) is 4.25. The van der Waals surface area contributed by atoms with Gasteiger partial charge in [-0.2, -0.15) is 0 Å². The Bertz CT molecular complexity index is 1010. The molecule has 1 atom stereocenters. The highest BCUT2D eigenvalue weighted by atomic mass is 32.2. The Kier molecular flexibility index (Phi) is 6.94. The van der Waals surface area contributed by atoms with Gasteiger partial charge in [0.05, 0.1) is 17.1 Å². The number of rotatable bonds is 7. The maximum atomic E-state index is 13.5. The first kappa shape index (κ1) is 23.1. The van der Waals surface area contributed by atoms with Crippen molar-refractivity contribution in [1.82, 2.24) is 5.32 Å². The first-order chi connectivity index (χ1) is 14.6. The van der Waals surface area contributed by atoms with Crippen LogP contribution in [0.2, 0.25) is 0 Å². The molecule has 0 saturated heterocycles. The first-order valence-electron chi connectivity index (χ1n) is 10.8. The molecular weight excluding hydrogens is 412 g/mol. The Labute approximate surface area is 185 Å². The summed E-state index contributed by atoms with van der Waals surface area (Å²) >= 11 is 0. The van der Waals surface area contributed by atoms with Crippen LogP contribution in [0, 0.1) is 0 Å². The Morgan fingerprint density at radius 2 is 1.84 bits per heavy atom. The molecule has 1 heterocycles. The van der Waals surface area contributed by atoms with Gasteiger partial charge in [-0.15, -0.1) is 0 Å². The van der Waals surface area contributed by atoms with Gasteiger partial charge >= 0.3 is 0 Å². The Balaban J connectivity index is 1.98. The molecule has 3 rings (SSSR count). The van der Waals surface area contributed by atoms with Crippen molar-refractivity contribution < 1.29 is 17.9 Å². The van der Waals surface area contributed by atoms with Crippen LogP contribution in [0.4, 0.5) is 5.69 Å². The summed E-state index contributed by atoms with van der Waals surface area (Å²) in [7, 11) is -3.86. The second-order valence-corrected chi connectivity index (χ2v) is 10.7. The van der Waals surface area contributed by atoms with E-state index in [1.807, 2.05) is 12.1 Å². The molecule has 6 nitrogen and oxygen atoms in total. The maximum Gasteiger partial charge on any atom is 0.264 e. The second kappa shape index (κ2) is 9.30. The molecule has 168 valence electrons. The van der Waals surface area contributed by atoms with Gasteiger partial charge in [0.1, 0.15) is 5.75 Å². The Morgan fingerprint density at radius 3 is 2.48 bits per heavy atom. The third-order valence-corrected chi connectivity index (χ3v) is 7.19. The number of nitrogens with zero attached hydrogens (tertiary/aromatic N) is 1. The van der Waals surface area contributed by atoms with Crippen LogP contribution in [0.1, 0.15) is 52.5 Å². The molecule has 1 unspecified atom stereocenters. The molecule has 1 amide bonds. The van der Waals surface area contributed by atoms with Crippen LogP contribution in [-0.4, -0.2) is 33.5 Å². The zero-order chi connectivity index (χ0) is 22.6. The normalized spacial score (nSPS) is 16.4. The Morgan fingerprint density at radius 1 is 1.13 bits per heavy atom. The van der Waals surface area contributed by atoms with E-state index >= 15 is 0 Å². The minimum atomic E-state index is -3.86. The van der Waals surface area contributed by atoms with Gasteiger partial charge < -0.3 is 10.1 Å². The van der Waals surface area contributed by atoms with E-state index in [0.717, 1.165) is 24.8 Å². The van der Waals surface area contributed by atoms with Crippen molar-refractivity contribution in [1.29, 1.82) is 0 Å². The fourth-order valence-corrected chi connectivity index (χ4v) is 4.99. The molecule has 7 heteroatoms. The molecule has 1 N–H and O–H groups in total. The lowest BCUT2D eigenvalue weighted by atomic mass is 9.86. The van der Waals surface area contributed by atoms with Crippen molar-refractivity contribution in [3.05, 3.63) is 54.1 Å². The monoisotopic (exact) mass is 444 g/mol. The molecule has 1 aliphatic heterocycles. The molecule has 0 radical (unpaired) electrons. The molecule has 0 aliphatic carbocycles. The van der Waals surface area contributed by atoms with Crippen LogP contribution in [0.3, 0.4) is 0 Å². The van der Waals surface area contributed by atoms with E-state index in [1.165, 1.54) is 4.31 Å². The number of carbonyl (C=O) groups excluding carboxylic acids is 1. The van der Waals surface area contributed by atoms with Crippen LogP contribution in [-0.2, 0) is 20.2 Å². The van der Waals surface area contributed by atoms with E-state index in [1.54, 1.807) is 36.4 Å². The predicted molar refractivity (Wildman–Crippen MR) is 123 cm³/mol. The van der Waals surface area contributed by atoms with Crippen molar-refractivity contribution >= 4 is 21.6 Å². The molecule has 31 heavy (non-hydrogen) atoms. The number of anilines is 1. The highest BCUT2D eigenvalue weighted by Gasteiger charge is 2.38. The van der Waals surface area contributed by atoms with Crippen molar-refractivity contribution in [3.8, 4) is 5.75 Å². The summed E-state index contributed by atoms with van der Waals surface area (Å²) in [6.07, 6.45) is 2.06. The molecule has 2 aromatic carbocycles. The van der Waals surface area contributed by atoms with Gasteiger partial charge in [-0.25, -0.2) is 8.42 Å². The van der Waals surface area contributed by atoms with E-state index < -0.39 is 16.1 Å². The Hall–Kier alpha value is -2.54. The van der Waals surface area contributed by atoms with Gasteiger partial charge in [-0.3, -0.25) is 9.10 Å². The topological polar surface area (TPSA) is 75.7 Å². The lowest BCUT2D eigenvalue weighted by Gasteiger charge is -2.36. The minimum absolute atomic E-state index is 0.0720. The summed E-state index contributed by atoms with van der Waals surface area (Å²) < 4.78 is 34.3. The fourth-order valence-electron chi connectivity index (χ4n) is 3.50. The van der Waals surface area contributed by atoms with Crippen molar-refractivity contribution in [2.45, 2.75) is 63.4 Å². The number of unbranched alkanes of at least 4 members (excludes halogenated alkanes) is 2. The molecule has 1 aliphatic rings. The van der Waals surface area contributed by atoms with Crippen molar-refractivity contribution in [3.63, 3.8) is 0 Å². The molecule has 0 aromatic heterocycles. The summed E-state index contributed by atoms with van der Waals surface area (Å²) in [5, 5.41) is 2.88. The van der Waals surface area contributed by atoms with E-state index in [-0.39, 0.29) is 22.8 Å². The molecular formula is C24H32N2O4S. The second-order valence-electron chi connectivity index (χ2n) is 8.89. The SMILES string of the molecule is CCCCCNC(=O)C1CN(S(=O)(=O)c2ccccc2)c2cc(C(C)(C)C)ccc2O1. The van der Waals surface area contributed by atoms with Crippen molar-refractivity contribution in [2.75, 3.05) is 17.4 Å². The number of hydrogen-bond donors (Lipinski definition) is 1. The van der Waals surface area contributed by atoms with E-state index in [2.05, 4.69) is 33.0 Å². The van der Waals surface area contributed by atoms with Gasteiger partial charge in [0, 0.05) is 6.54 Å². The minimum Gasteiger partial charge on any atom is -0.476 e. The van der Waals surface area contributed by atoms with E-state index in [0.29, 0.717) is 18.0 Å². The molecule has 0 spiro atoms. The molecule has 0 fully saturated rings. The largest absolute Gasteiger partial charge is 0.476 e. The number of sulfonamides is 1. The summed E-state index contributed by atoms with van der Waals surface area (Å²) in [6, 6.07) is 13.8. The summed E-state index contributed by atoms with van der Waals surface area (Å²) in [4.78, 5) is 12.9. The van der Waals surface area contributed by atoms with Gasteiger partial charge in [-0.05, 0) is 41.7 Å². The van der Waals surface area contributed by atoms with Crippen LogP contribution < -0.4 is 14.4 Å². The van der Waals surface area contributed by atoms with Crippen LogP contribution >= 0.6 is 0 Å². The van der Waals surface area contributed by atoms with Gasteiger partial charge in [0.15, 0.2) is 6.10 Å². The van der Waals surface area contributed by atoms with Crippen LogP contribution in [0.5, 0.6) is 5.75 Å². The zero-order valence-corrected chi connectivity index (χ0v) is 19.5. The lowest BCUT2D eigenvalue weighted by molar-refractivity contribution is -0.127. The molecule has 2 aromatic rings. The number of benzene rings is 2. The molecule has 0 bridgehead atoms. The first-order valence-corrected chi connectivity index (χ1v) is 12.3. The summed E-state index contributed by atoms with van der Waals surface area (Å²) in [5.41, 5.74) is 1.29. The molecule has 0 saturated carbocycles.